The average Bonchev–Trinajstić information content (AvgIpc) is 2.16. The Hall–Kier alpha value is -0.620. The summed E-state index contributed by atoms with van der Waals surface area (Å²) in [7, 11) is 1.39. The summed E-state index contributed by atoms with van der Waals surface area (Å²) in [6, 6.07) is 1.83. The molecule has 0 aliphatic heterocycles. The second kappa shape index (κ2) is 6.07. The fourth-order valence-corrected chi connectivity index (χ4v) is 2.41. The fourth-order valence-electron chi connectivity index (χ4n) is 0.920. The normalized spacial score (nSPS) is 10.1. The molecular weight excluding hydrogens is 280 g/mol. The van der Waals surface area contributed by atoms with E-state index in [-0.39, 0.29) is 5.97 Å². The number of methoxy groups -OCH3 is 1. The first-order valence-electron chi connectivity index (χ1n) is 4.32. The first kappa shape index (κ1) is 12.4. The second-order valence-corrected chi connectivity index (χ2v) is 4.68. The van der Waals surface area contributed by atoms with E-state index >= 15 is 0 Å². The van der Waals surface area contributed by atoms with Gasteiger partial charge in [-0.05, 0) is 22.9 Å². The van der Waals surface area contributed by atoms with Gasteiger partial charge >= 0.3 is 5.97 Å². The molecule has 0 radical (unpaired) electrons. The standard InChI is InChI=1S/C9H11BrN2O2S/c1-6-11-7(10)5-8(12-6)15-4-3-9(13)14-2/h5H,3-4H2,1-2H3. The van der Waals surface area contributed by atoms with E-state index in [1.54, 1.807) is 0 Å². The van der Waals surface area contributed by atoms with Crippen LogP contribution in [0.4, 0.5) is 0 Å². The first-order chi connectivity index (χ1) is 7.11. The van der Waals surface area contributed by atoms with Crippen LogP contribution in [0.5, 0.6) is 0 Å². The highest BCUT2D eigenvalue weighted by Crippen LogP contribution is 2.19. The highest BCUT2D eigenvalue weighted by atomic mass is 79.9. The molecule has 0 spiro atoms. The minimum atomic E-state index is -0.202. The van der Waals surface area contributed by atoms with Gasteiger partial charge in [0.15, 0.2) is 0 Å². The summed E-state index contributed by atoms with van der Waals surface area (Å²) in [6.07, 6.45) is 0.391. The van der Waals surface area contributed by atoms with Crippen LogP contribution in [0.2, 0.25) is 0 Å². The van der Waals surface area contributed by atoms with E-state index in [9.17, 15) is 4.79 Å². The van der Waals surface area contributed by atoms with Crippen molar-refractivity contribution in [2.75, 3.05) is 12.9 Å². The number of rotatable bonds is 4. The van der Waals surface area contributed by atoms with Crippen LogP contribution < -0.4 is 0 Å². The quantitative estimate of drug-likeness (QED) is 0.483. The van der Waals surface area contributed by atoms with Gasteiger partial charge in [0.2, 0.25) is 0 Å². The van der Waals surface area contributed by atoms with Gasteiger partial charge in [-0.2, -0.15) is 0 Å². The molecule has 0 aliphatic carbocycles. The zero-order valence-electron chi connectivity index (χ0n) is 8.49. The molecule has 0 aromatic carbocycles. The molecule has 0 atom stereocenters. The lowest BCUT2D eigenvalue weighted by molar-refractivity contribution is -0.140. The molecule has 4 nitrogen and oxygen atoms in total. The molecular formula is C9H11BrN2O2S. The highest BCUT2D eigenvalue weighted by molar-refractivity contribution is 9.10. The maximum Gasteiger partial charge on any atom is 0.306 e. The number of hydrogen-bond acceptors (Lipinski definition) is 5. The predicted molar refractivity (Wildman–Crippen MR) is 61.8 cm³/mol. The summed E-state index contributed by atoms with van der Waals surface area (Å²) in [5.74, 6) is 1.17. The van der Waals surface area contributed by atoms with Crippen molar-refractivity contribution in [3.8, 4) is 0 Å². The van der Waals surface area contributed by atoms with Gasteiger partial charge < -0.3 is 4.74 Å². The first-order valence-corrected chi connectivity index (χ1v) is 6.10. The van der Waals surface area contributed by atoms with Gasteiger partial charge in [0.1, 0.15) is 15.5 Å². The van der Waals surface area contributed by atoms with Crippen molar-refractivity contribution >= 4 is 33.7 Å². The number of carbonyl (C=O) groups excluding carboxylic acids is 1. The lowest BCUT2D eigenvalue weighted by atomic mass is 10.5. The molecule has 6 heteroatoms. The van der Waals surface area contributed by atoms with Crippen LogP contribution in [0.3, 0.4) is 0 Å². The van der Waals surface area contributed by atoms with E-state index in [1.807, 2.05) is 13.0 Å². The highest BCUT2D eigenvalue weighted by Gasteiger charge is 2.03. The lowest BCUT2D eigenvalue weighted by Crippen LogP contribution is -2.01. The fraction of sp³-hybridized carbons (Fsp3) is 0.444. The van der Waals surface area contributed by atoms with Crippen molar-refractivity contribution < 1.29 is 9.53 Å². The van der Waals surface area contributed by atoms with E-state index in [4.69, 9.17) is 0 Å². The monoisotopic (exact) mass is 290 g/mol. The van der Waals surface area contributed by atoms with Crippen LogP contribution in [-0.4, -0.2) is 28.8 Å². The van der Waals surface area contributed by atoms with Crippen molar-refractivity contribution in [1.29, 1.82) is 0 Å². The topological polar surface area (TPSA) is 52.1 Å². The van der Waals surface area contributed by atoms with E-state index in [0.717, 1.165) is 9.63 Å². The van der Waals surface area contributed by atoms with Crippen molar-refractivity contribution in [3.63, 3.8) is 0 Å². The van der Waals surface area contributed by atoms with Crippen molar-refractivity contribution in [2.45, 2.75) is 18.4 Å². The molecule has 0 saturated heterocycles. The van der Waals surface area contributed by atoms with E-state index in [1.165, 1.54) is 18.9 Å². The Bertz CT molecular complexity index is 340. The molecule has 15 heavy (non-hydrogen) atoms. The summed E-state index contributed by atoms with van der Waals surface area (Å²) < 4.78 is 5.30. The maximum atomic E-state index is 10.9. The van der Waals surface area contributed by atoms with Crippen molar-refractivity contribution in [1.82, 2.24) is 9.97 Å². The molecule has 1 aromatic heterocycles. The van der Waals surface area contributed by atoms with Gasteiger partial charge in [-0.1, -0.05) is 0 Å². The Labute approximate surface area is 101 Å². The zero-order valence-corrected chi connectivity index (χ0v) is 10.9. The number of aromatic nitrogens is 2. The van der Waals surface area contributed by atoms with Gasteiger partial charge in [-0.3, -0.25) is 4.79 Å². The Balaban J connectivity index is 2.47. The third-order valence-corrected chi connectivity index (χ3v) is 2.89. The van der Waals surface area contributed by atoms with Gasteiger partial charge in [-0.25, -0.2) is 9.97 Å². The number of carbonyl (C=O) groups is 1. The molecule has 0 N–H and O–H groups in total. The third-order valence-electron chi connectivity index (χ3n) is 1.57. The predicted octanol–water partition coefficient (Wildman–Crippen LogP) is 2.20. The summed E-state index contributed by atoms with van der Waals surface area (Å²) in [5, 5.41) is 0.860. The average molecular weight is 291 g/mol. The Kier molecular flexibility index (Phi) is 5.04. The molecule has 82 valence electrons. The molecule has 0 fully saturated rings. The van der Waals surface area contributed by atoms with Crippen LogP contribution in [0.15, 0.2) is 15.7 Å². The second-order valence-electron chi connectivity index (χ2n) is 2.75. The molecule has 0 aliphatic rings. The number of ether oxygens (including phenoxy) is 1. The Morgan fingerprint density at radius 2 is 2.33 bits per heavy atom. The minimum Gasteiger partial charge on any atom is -0.469 e. The van der Waals surface area contributed by atoms with Gasteiger partial charge in [0.25, 0.3) is 0 Å². The van der Waals surface area contributed by atoms with Crippen LogP contribution in [-0.2, 0) is 9.53 Å². The van der Waals surface area contributed by atoms with Crippen LogP contribution in [0.25, 0.3) is 0 Å². The number of nitrogens with zero attached hydrogens (tertiary/aromatic N) is 2. The summed E-state index contributed by atoms with van der Waals surface area (Å²) in [5.41, 5.74) is 0. The largest absolute Gasteiger partial charge is 0.469 e. The summed E-state index contributed by atoms with van der Waals surface area (Å²) >= 11 is 4.80. The molecule has 0 saturated carbocycles. The van der Waals surface area contributed by atoms with E-state index in [2.05, 4.69) is 30.6 Å². The molecule has 0 unspecified atom stereocenters. The maximum absolute atomic E-state index is 10.9. The number of hydrogen-bond donors (Lipinski definition) is 0. The molecule has 0 bridgehead atoms. The van der Waals surface area contributed by atoms with Crippen molar-refractivity contribution in [3.05, 3.63) is 16.5 Å². The van der Waals surface area contributed by atoms with E-state index < -0.39 is 0 Å². The molecule has 1 rings (SSSR count). The van der Waals surface area contributed by atoms with Crippen molar-refractivity contribution in [2.24, 2.45) is 0 Å². The van der Waals surface area contributed by atoms with Gasteiger partial charge in [0, 0.05) is 11.8 Å². The zero-order chi connectivity index (χ0) is 11.3. The van der Waals surface area contributed by atoms with Gasteiger partial charge in [-0.15, -0.1) is 11.8 Å². The third kappa shape index (κ3) is 4.61. The number of esters is 1. The molecule has 0 amide bonds. The number of halogens is 1. The van der Waals surface area contributed by atoms with Crippen LogP contribution in [0, 0.1) is 6.92 Å². The number of aryl methyl sites for hydroxylation is 1. The minimum absolute atomic E-state index is 0.202. The molecule has 1 aromatic rings. The van der Waals surface area contributed by atoms with Crippen LogP contribution in [0.1, 0.15) is 12.2 Å². The Morgan fingerprint density at radius 3 is 2.93 bits per heavy atom. The molecule has 1 heterocycles. The SMILES string of the molecule is COC(=O)CCSc1cc(Br)nc(C)n1. The lowest BCUT2D eigenvalue weighted by Gasteiger charge is -2.01. The summed E-state index contributed by atoms with van der Waals surface area (Å²) in [4.78, 5) is 19.2. The van der Waals surface area contributed by atoms with E-state index in [0.29, 0.717) is 18.0 Å². The number of thioether (sulfide) groups is 1. The Morgan fingerprint density at radius 1 is 1.60 bits per heavy atom. The smallest absolute Gasteiger partial charge is 0.306 e. The van der Waals surface area contributed by atoms with Crippen LogP contribution >= 0.6 is 27.7 Å². The van der Waals surface area contributed by atoms with Gasteiger partial charge in [0.05, 0.1) is 13.5 Å². The summed E-state index contributed by atoms with van der Waals surface area (Å²) in [6.45, 7) is 1.83.